The summed E-state index contributed by atoms with van der Waals surface area (Å²) in [6, 6.07) is 9.25. The minimum atomic E-state index is -3.56. The van der Waals surface area contributed by atoms with Crippen molar-refractivity contribution in [2.24, 2.45) is 0 Å². The number of benzene rings is 1. The highest BCUT2D eigenvalue weighted by molar-refractivity contribution is 7.89. The van der Waals surface area contributed by atoms with E-state index in [0.29, 0.717) is 18.8 Å². The zero-order chi connectivity index (χ0) is 18.4. The van der Waals surface area contributed by atoms with E-state index in [0.717, 1.165) is 18.5 Å². The standard InChI is InChI=1S/C17H21N5O3S/c23-17(20-11-13-5-8-18-9-6-13)21-14-1-3-16(4-2-14)26(24,25)22-15-7-10-19-12-15/h1-6,8-9,15,19,22H,7,10-12H2,(H2,20,21,23). The van der Waals surface area contributed by atoms with E-state index in [1.165, 1.54) is 12.1 Å². The summed E-state index contributed by atoms with van der Waals surface area (Å²) in [5, 5.41) is 8.51. The third-order valence-electron chi connectivity index (χ3n) is 4.01. The van der Waals surface area contributed by atoms with Gasteiger partial charge in [-0.2, -0.15) is 0 Å². The predicted molar refractivity (Wildman–Crippen MR) is 98.1 cm³/mol. The monoisotopic (exact) mass is 375 g/mol. The molecule has 1 aromatic heterocycles. The normalized spacial score (nSPS) is 17.0. The highest BCUT2D eigenvalue weighted by Crippen LogP contribution is 2.15. The smallest absolute Gasteiger partial charge is 0.319 e. The first-order valence-corrected chi connectivity index (χ1v) is 9.78. The van der Waals surface area contributed by atoms with E-state index < -0.39 is 10.0 Å². The van der Waals surface area contributed by atoms with E-state index in [1.807, 2.05) is 12.1 Å². The second-order valence-electron chi connectivity index (χ2n) is 6.00. The topological polar surface area (TPSA) is 112 Å². The van der Waals surface area contributed by atoms with Gasteiger partial charge in [0.25, 0.3) is 0 Å². The molecule has 26 heavy (non-hydrogen) atoms. The van der Waals surface area contributed by atoms with Crippen molar-refractivity contribution in [3.05, 3.63) is 54.4 Å². The van der Waals surface area contributed by atoms with Crippen LogP contribution in [0.4, 0.5) is 10.5 Å². The zero-order valence-electron chi connectivity index (χ0n) is 14.1. The Balaban J connectivity index is 1.54. The van der Waals surface area contributed by atoms with Crippen molar-refractivity contribution in [2.75, 3.05) is 18.4 Å². The Morgan fingerprint density at radius 2 is 1.88 bits per heavy atom. The van der Waals surface area contributed by atoms with E-state index in [4.69, 9.17) is 0 Å². The first-order chi connectivity index (χ1) is 12.5. The van der Waals surface area contributed by atoms with E-state index in [-0.39, 0.29) is 17.0 Å². The third-order valence-corrected chi connectivity index (χ3v) is 5.54. The average Bonchev–Trinajstić information content (AvgIpc) is 3.14. The first kappa shape index (κ1) is 18.3. The van der Waals surface area contributed by atoms with Crippen LogP contribution in [-0.2, 0) is 16.6 Å². The number of urea groups is 1. The fourth-order valence-corrected chi connectivity index (χ4v) is 3.89. The Bertz CT molecular complexity index is 834. The number of carbonyl (C=O) groups excluding carboxylic acids is 1. The molecule has 1 unspecified atom stereocenters. The SMILES string of the molecule is O=C(NCc1ccncc1)Nc1ccc(S(=O)(=O)NC2CCNC2)cc1. The Hall–Kier alpha value is -2.49. The van der Waals surface area contributed by atoms with Crippen LogP contribution in [0.5, 0.6) is 0 Å². The van der Waals surface area contributed by atoms with Crippen molar-refractivity contribution in [2.45, 2.75) is 23.9 Å². The molecule has 9 heteroatoms. The van der Waals surface area contributed by atoms with E-state index in [2.05, 4.69) is 25.7 Å². The molecule has 1 atom stereocenters. The number of rotatable bonds is 6. The van der Waals surface area contributed by atoms with Crippen molar-refractivity contribution in [3.8, 4) is 0 Å². The number of anilines is 1. The zero-order valence-corrected chi connectivity index (χ0v) is 14.9. The van der Waals surface area contributed by atoms with Gasteiger partial charge in [-0.25, -0.2) is 17.9 Å². The molecular weight excluding hydrogens is 354 g/mol. The summed E-state index contributed by atoms with van der Waals surface area (Å²) < 4.78 is 27.3. The molecule has 1 saturated heterocycles. The number of hydrogen-bond donors (Lipinski definition) is 4. The summed E-state index contributed by atoms with van der Waals surface area (Å²) in [6.45, 7) is 1.82. The van der Waals surface area contributed by atoms with Crippen LogP contribution in [0.2, 0.25) is 0 Å². The number of amides is 2. The lowest BCUT2D eigenvalue weighted by Gasteiger charge is -2.12. The molecule has 8 nitrogen and oxygen atoms in total. The fraction of sp³-hybridized carbons (Fsp3) is 0.294. The van der Waals surface area contributed by atoms with Gasteiger partial charge in [-0.15, -0.1) is 0 Å². The van der Waals surface area contributed by atoms with Gasteiger partial charge in [0.15, 0.2) is 0 Å². The van der Waals surface area contributed by atoms with Crippen molar-refractivity contribution in [3.63, 3.8) is 0 Å². The van der Waals surface area contributed by atoms with Crippen LogP contribution >= 0.6 is 0 Å². The Kier molecular flexibility index (Phi) is 5.82. The van der Waals surface area contributed by atoms with Gasteiger partial charge in [0, 0.05) is 37.2 Å². The second-order valence-corrected chi connectivity index (χ2v) is 7.71. The maximum absolute atomic E-state index is 12.3. The van der Waals surface area contributed by atoms with Crippen molar-refractivity contribution >= 4 is 21.7 Å². The molecule has 0 radical (unpaired) electrons. The molecule has 2 aromatic rings. The Labute approximate surface area is 152 Å². The molecule has 0 saturated carbocycles. The molecule has 1 aliphatic heterocycles. The maximum Gasteiger partial charge on any atom is 0.319 e. The number of sulfonamides is 1. The molecular formula is C17H21N5O3S. The third kappa shape index (κ3) is 5.01. The van der Waals surface area contributed by atoms with Crippen molar-refractivity contribution < 1.29 is 13.2 Å². The predicted octanol–water partition coefficient (Wildman–Crippen LogP) is 1.04. The van der Waals surface area contributed by atoms with Crippen LogP contribution in [0.25, 0.3) is 0 Å². The Morgan fingerprint density at radius 3 is 2.54 bits per heavy atom. The highest BCUT2D eigenvalue weighted by Gasteiger charge is 2.22. The van der Waals surface area contributed by atoms with E-state index in [9.17, 15) is 13.2 Å². The molecule has 0 bridgehead atoms. The van der Waals surface area contributed by atoms with E-state index >= 15 is 0 Å². The van der Waals surface area contributed by atoms with Gasteiger partial charge in [0.05, 0.1) is 4.90 Å². The minimum Gasteiger partial charge on any atom is -0.334 e. The number of carbonyl (C=O) groups is 1. The summed E-state index contributed by atoms with van der Waals surface area (Å²) >= 11 is 0. The molecule has 2 amide bonds. The highest BCUT2D eigenvalue weighted by atomic mass is 32.2. The van der Waals surface area contributed by atoms with Crippen molar-refractivity contribution in [1.82, 2.24) is 20.3 Å². The largest absolute Gasteiger partial charge is 0.334 e. The van der Waals surface area contributed by atoms with Gasteiger partial charge in [0.2, 0.25) is 10.0 Å². The number of nitrogens with zero attached hydrogens (tertiary/aromatic N) is 1. The number of pyridine rings is 1. The lowest BCUT2D eigenvalue weighted by molar-refractivity contribution is 0.251. The van der Waals surface area contributed by atoms with Gasteiger partial charge < -0.3 is 16.0 Å². The lowest BCUT2D eigenvalue weighted by Crippen LogP contribution is -2.36. The van der Waals surface area contributed by atoms with Crippen LogP contribution in [0.3, 0.4) is 0 Å². The molecule has 138 valence electrons. The summed E-state index contributed by atoms with van der Waals surface area (Å²) in [4.78, 5) is 16.0. The molecule has 0 aliphatic carbocycles. The van der Waals surface area contributed by atoms with Crippen LogP contribution in [0.15, 0.2) is 53.7 Å². The first-order valence-electron chi connectivity index (χ1n) is 8.30. The number of aromatic nitrogens is 1. The van der Waals surface area contributed by atoms with Gasteiger partial charge in [-0.3, -0.25) is 4.98 Å². The molecule has 3 rings (SSSR count). The molecule has 1 fully saturated rings. The lowest BCUT2D eigenvalue weighted by atomic mass is 10.3. The molecule has 2 heterocycles. The molecule has 0 spiro atoms. The summed E-state index contributed by atoms with van der Waals surface area (Å²) in [5.41, 5.74) is 1.45. The average molecular weight is 375 g/mol. The van der Waals surface area contributed by atoms with Crippen LogP contribution in [0, 0.1) is 0 Å². The number of nitrogens with one attached hydrogen (secondary N) is 4. The van der Waals surface area contributed by atoms with Crippen LogP contribution < -0.4 is 20.7 Å². The molecule has 1 aliphatic rings. The van der Waals surface area contributed by atoms with Crippen LogP contribution in [0.1, 0.15) is 12.0 Å². The Morgan fingerprint density at radius 1 is 1.15 bits per heavy atom. The second kappa shape index (κ2) is 8.26. The van der Waals surface area contributed by atoms with E-state index in [1.54, 1.807) is 24.5 Å². The summed E-state index contributed by atoms with van der Waals surface area (Å²) in [7, 11) is -3.56. The van der Waals surface area contributed by atoms with Gasteiger partial charge in [-0.05, 0) is 54.9 Å². The minimum absolute atomic E-state index is 0.0863. The fourth-order valence-electron chi connectivity index (χ4n) is 2.62. The number of hydrogen-bond acceptors (Lipinski definition) is 5. The summed E-state index contributed by atoms with van der Waals surface area (Å²) in [6.07, 6.45) is 4.09. The molecule has 1 aromatic carbocycles. The van der Waals surface area contributed by atoms with Gasteiger partial charge in [-0.1, -0.05) is 0 Å². The molecule has 4 N–H and O–H groups in total. The summed E-state index contributed by atoms with van der Waals surface area (Å²) in [5.74, 6) is 0. The van der Waals surface area contributed by atoms with Gasteiger partial charge >= 0.3 is 6.03 Å². The van der Waals surface area contributed by atoms with Crippen molar-refractivity contribution in [1.29, 1.82) is 0 Å². The van der Waals surface area contributed by atoms with Crippen LogP contribution in [-0.4, -0.2) is 38.6 Å². The van der Waals surface area contributed by atoms with Gasteiger partial charge in [0.1, 0.15) is 0 Å². The quantitative estimate of drug-likeness (QED) is 0.603. The maximum atomic E-state index is 12.3.